The Bertz CT molecular complexity index is 1230. The third-order valence-corrected chi connectivity index (χ3v) is 5.40. The number of rotatable bonds is 5. The second-order valence-electron chi connectivity index (χ2n) is 6.93. The summed E-state index contributed by atoms with van der Waals surface area (Å²) in [5, 5.41) is 0. The van der Waals surface area contributed by atoms with E-state index in [1.807, 2.05) is 48.5 Å². The molecular formula is C25H19BrN2O4. The Morgan fingerprint density at radius 2 is 1.72 bits per heavy atom. The van der Waals surface area contributed by atoms with Crippen molar-refractivity contribution in [3.63, 3.8) is 0 Å². The Kier molecular flexibility index (Phi) is 6.18. The highest BCUT2D eigenvalue weighted by Gasteiger charge is 2.32. The Balaban J connectivity index is 1.76. The Morgan fingerprint density at radius 1 is 1.00 bits per heavy atom. The van der Waals surface area contributed by atoms with Crippen LogP contribution in [0.15, 0.2) is 88.0 Å². The minimum Gasteiger partial charge on any atom is -0.497 e. The second kappa shape index (κ2) is 9.20. The van der Waals surface area contributed by atoms with Gasteiger partial charge in [-0.3, -0.25) is 9.69 Å². The molecule has 32 heavy (non-hydrogen) atoms. The average molecular weight is 491 g/mol. The number of ether oxygens (including phenoxy) is 2. The largest absolute Gasteiger partial charge is 0.497 e. The highest BCUT2D eigenvalue weighted by Crippen LogP contribution is 2.30. The first-order valence-electron chi connectivity index (χ1n) is 9.73. The lowest BCUT2D eigenvalue weighted by atomic mass is 10.1. The standard InChI is InChI=1S/C25H19BrN2O4/c1-31-21-12-10-17(11-13-21)23-27-22(14-16-6-8-18(9-7-16)25(30)32-2)24(29)28(23)20-5-3-4-19(26)15-20/h3-15H,1-2H3/b22-14+. The van der Waals surface area contributed by atoms with E-state index in [2.05, 4.69) is 20.9 Å². The zero-order valence-electron chi connectivity index (χ0n) is 17.4. The molecular weight excluding hydrogens is 472 g/mol. The molecule has 160 valence electrons. The first-order chi connectivity index (χ1) is 15.5. The molecule has 3 aromatic carbocycles. The van der Waals surface area contributed by atoms with E-state index in [1.54, 1.807) is 42.4 Å². The Hall–Kier alpha value is -3.71. The van der Waals surface area contributed by atoms with Crippen LogP contribution in [0.1, 0.15) is 21.5 Å². The number of carbonyl (C=O) groups excluding carboxylic acids is 2. The SMILES string of the molecule is COC(=O)c1ccc(/C=C2/N=C(c3ccc(OC)cc3)N(c3cccc(Br)c3)C2=O)cc1. The molecule has 1 aliphatic rings. The van der Waals surface area contributed by atoms with Crippen LogP contribution in [0.3, 0.4) is 0 Å². The molecule has 0 saturated carbocycles. The third kappa shape index (κ3) is 4.33. The van der Waals surface area contributed by atoms with Crippen LogP contribution in [-0.4, -0.2) is 31.9 Å². The van der Waals surface area contributed by atoms with Crippen LogP contribution < -0.4 is 9.64 Å². The van der Waals surface area contributed by atoms with Crippen molar-refractivity contribution >= 4 is 45.4 Å². The Labute approximate surface area is 193 Å². The van der Waals surface area contributed by atoms with Gasteiger partial charge in [-0.15, -0.1) is 0 Å². The molecule has 0 atom stereocenters. The lowest BCUT2D eigenvalue weighted by Crippen LogP contribution is -2.32. The molecule has 7 heteroatoms. The number of anilines is 1. The summed E-state index contributed by atoms with van der Waals surface area (Å²) in [6, 6.07) is 21.7. The van der Waals surface area contributed by atoms with E-state index >= 15 is 0 Å². The number of aliphatic imine (C=N–C) groups is 1. The lowest BCUT2D eigenvalue weighted by Gasteiger charge is -2.19. The van der Waals surface area contributed by atoms with Gasteiger partial charge in [0.15, 0.2) is 0 Å². The summed E-state index contributed by atoms with van der Waals surface area (Å²) < 4.78 is 10.8. The summed E-state index contributed by atoms with van der Waals surface area (Å²) >= 11 is 3.47. The molecule has 0 bridgehead atoms. The maximum atomic E-state index is 13.4. The fourth-order valence-corrected chi connectivity index (χ4v) is 3.68. The smallest absolute Gasteiger partial charge is 0.337 e. The van der Waals surface area contributed by atoms with Gasteiger partial charge >= 0.3 is 5.97 Å². The van der Waals surface area contributed by atoms with E-state index in [4.69, 9.17) is 9.47 Å². The number of amides is 1. The maximum Gasteiger partial charge on any atom is 0.337 e. The van der Waals surface area contributed by atoms with Crippen molar-refractivity contribution in [2.45, 2.75) is 0 Å². The number of amidine groups is 1. The monoisotopic (exact) mass is 490 g/mol. The van der Waals surface area contributed by atoms with Crippen LogP contribution in [0.4, 0.5) is 5.69 Å². The van der Waals surface area contributed by atoms with Crippen molar-refractivity contribution in [2.75, 3.05) is 19.1 Å². The van der Waals surface area contributed by atoms with Gasteiger partial charge < -0.3 is 9.47 Å². The van der Waals surface area contributed by atoms with Gasteiger partial charge in [0.25, 0.3) is 5.91 Å². The number of hydrogen-bond acceptors (Lipinski definition) is 5. The maximum absolute atomic E-state index is 13.4. The third-order valence-electron chi connectivity index (χ3n) is 4.91. The molecule has 0 aromatic heterocycles. The predicted molar refractivity (Wildman–Crippen MR) is 127 cm³/mol. The zero-order valence-corrected chi connectivity index (χ0v) is 19.0. The molecule has 0 radical (unpaired) electrons. The molecule has 0 fully saturated rings. The minimum absolute atomic E-state index is 0.244. The summed E-state index contributed by atoms with van der Waals surface area (Å²) in [4.78, 5) is 31.3. The molecule has 0 unspecified atom stereocenters. The zero-order chi connectivity index (χ0) is 22.7. The normalized spacial score (nSPS) is 14.5. The second-order valence-corrected chi connectivity index (χ2v) is 7.84. The molecule has 6 nitrogen and oxygen atoms in total. The van der Waals surface area contributed by atoms with Crippen molar-refractivity contribution in [3.8, 4) is 5.75 Å². The average Bonchev–Trinajstić information content (AvgIpc) is 3.15. The van der Waals surface area contributed by atoms with Crippen molar-refractivity contribution in [1.82, 2.24) is 0 Å². The van der Waals surface area contributed by atoms with Crippen LogP contribution in [0.5, 0.6) is 5.75 Å². The number of carbonyl (C=O) groups is 2. The fourth-order valence-electron chi connectivity index (χ4n) is 3.30. The molecule has 4 rings (SSSR count). The van der Waals surface area contributed by atoms with Gasteiger partial charge in [0.05, 0.1) is 25.5 Å². The van der Waals surface area contributed by atoms with Crippen LogP contribution >= 0.6 is 15.9 Å². The van der Waals surface area contributed by atoms with Gasteiger partial charge in [0.2, 0.25) is 0 Å². The first kappa shape index (κ1) is 21.5. The summed E-state index contributed by atoms with van der Waals surface area (Å²) in [6.45, 7) is 0. The van der Waals surface area contributed by atoms with Gasteiger partial charge in [-0.2, -0.15) is 0 Å². The number of halogens is 1. The number of hydrogen-bond donors (Lipinski definition) is 0. The molecule has 3 aromatic rings. The van der Waals surface area contributed by atoms with Crippen LogP contribution in [0, 0.1) is 0 Å². The summed E-state index contributed by atoms with van der Waals surface area (Å²) in [7, 11) is 2.94. The van der Waals surface area contributed by atoms with Crippen LogP contribution in [-0.2, 0) is 9.53 Å². The molecule has 0 spiro atoms. The van der Waals surface area contributed by atoms with E-state index in [0.29, 0.717) is 28.5 Å². The number of esters is 1. The van der Waals surface area contributed by atoms with E-state index < -0.39 is 5.97 Å². The van der Waals surface area contributed by atoms with E-state index in [0.717, 1.165) is 15.6 Å². The van der Waals surface area contributed by atoms with Gasteiger partial charge in [-0.25, -0.2) is 9.79 Å². The van der Waals surface area contributed by atoms with Crippen molar-refractivity contribution in [1.29, 1.82) is 0 Å². The lowest BCUT2D eigenvalue weighted by molar-refractivity contribution is -0.113. The fraction of sp³-hybridized carbons (Fsp3) is 0.0800. The number of benzene rings is 3. The molecule has 1 amide bonds. The summed E-state index contributed by atoms with van der Waals surface area (Å²) in [5.74, 6) is 0.579. The van der Waals surface area contributed by atoms with Gasteiger partial charge in [0, 0.05) is 10.0 Å². The highest BCUT2D eigenvalue weighted by atomic mass is 79.9. The number of nitrogens with zero attached hydrogens (tertiary/aromatic N) is 2. The first-order valence-corrected chi connectivity index (χ1v) is 10.5. The quantitative estimate of drug-likeness (QED) is 0.369. The van der Waals surface area contributed by atoms with Crippen LogP contribution in [0.25, 0.3) is 6.08 Å². The highest BCUT2D eigenvalue weighted by molar-refractivity contribution is 9.10. The van der Waals surface area contributed by atoms with Gasteiger partial charge in [-0.1, -0.05) is 34.1 Å². The van der Waals surface area contributed by atoms with E-state index in [1.165, 1.54) is 7.11 Å². The van der Waals surface area contributed by atoms with Crippen molar-refractivity contribution < 1.29 is 19.1 Å². The Morgan fingerprint density at radius 3 is 2.34 bits per heavy atom. The van der Waals surface area contributed by atoms with Crippen molar-refractivity contribution in [2.24, 2.45) is 4.99 Å². The molecule has 0 aliphatic carbocycles. The molecule has 1 aliphatic heterocycles. The molecule has 0 saturated heterocycles. The molecule has 1 heterocycles. The topological polar surface area (TPSA) is 68.2 Å². The van der Waals surface area contributed by atoms with Crippen LogP contribution in [0.2, 0.25) is 0 Å². The predicted octanol–water partition coefficient (Wildman–Crippen LogP) is 5.08. The van der Waals surface area contributed by atoms with Crippen molar-refractivity contribution in [3.05, 3.63) is 99.7 Å². The van der Waals surface area contributed by atoms with E-state index in [-0.39, 0.29) is 5.91 Å². The van der Waals surface area contributed by atoms with Gasteiger partial charge in [-0.05, 0) is 66.2 Å². The number of methoxy groups -OCH3 is 2. The minimum atomic E-state index is -0.415. The van der Waals surface area contributed by atoms with E-state index in [9.17, 15) is 9.59 Å². The summed E-state index contributed by atoms with van der Waals surface area (Å²) in [5.41, 5.74) is 2.95. The van der Waals surface area contributed by atoms with Gasteiger partial charge in [0.1, 0.15) is 17.3 Å². The summed E-state index contributed by atoms with van der Waals surface area (Å²) in [6.07, 6.45) is 1.70. The molecule has 0 N–H and O–H groups in total.